The van der Waals surface area contributed by atoms with Crippen LogP contribution < -0.4 is 5.32 Å². The second kappa shape index (κ2) is 5.80. The van der Waals surface area contributed by atoms with E-state index in [1.54, 1.807) is 6.33 Å². The fourth-order valence-electron chi connectivity index (χ4n) is 2.20. The number of aromatic amines is 1. The summed E-state index contributed by atoms with van der Waals surface area (Å²) in [6.07, 6.45) is 1.75. The Balaban J connectivity index is 1.99. The van der Waals surface area contributed by atoms with Crippen LogP contribution in [-0.4, -0.2) is 9.97 Å². The minimum Gasteiger partial charge on any atom is -0.348 e. The molecular formula is C17H25N3. The average Bonchev–Trinajstić information content (AvgIpc) is 2.81. The fraction of sp³-hybridized carbons (Fsp3) is 0.471. The average molecular weight is 271 g/mol. The van der Waals surface area contributed by atoms with Gasteiger partial charge in [-0.3, -0.25) is 0 Å². The van der Waals surface area contributed by atoms with Gasteiger partial charge in [-0.1, -0.05) is 45.0 Å². The summed E-state index contributed by atoms with van der Waals surface area (Å²) in [5.41, 5.74) is 5.11. The van der Waals surface area contributed by atoms with Gasteiger partial charge < -0.3 is 10.3 Å². The summed E-state index contributed by atoms with van der Waals surface area (Å²) in [6.45, 7) is 11.7. The van der Waals surface area contributed by atoms with E-state index in [0.29, 0.717) is 6.04 Å². The molecule has 0 aliphatic rings. The summed E-state index contributed by atoms with van der Waals surface area (Å²) in [4.78, 5) is 7.41. The molecule has 2 rings (SSSR count). The number of hydrogen-bond acceptors (Lipinski definition) is 2. The number of rotatable bonds is 4. The van der Waals surface area contributed by atoms with Crippen LogP contribution in [-0.2, 0) is 12.0 Å². The molecule has 0 spiro atoms. The van der Waals surface area contributed by atoms with E-state index < -0.39 is 0 Å². The molecule has 1 atom stereocenters. The number of nitrogens with zero attached hydrogens (tertiary/aromatic N) is 1. The molecule has 0 saturated carbocycles. The highest BCUT2D eigenvalue weighted by Crippen LogP contribution is 2.24. The molecule has 20 heavy (non-hydrogen) atoms. The predicted octanol–water partition coefficient (Wildman–Crippen LogP) is 3.87. The zero-order valence-corrected chi connectivity index (χ0v) is 13.1. The summed E-state index contributed by atoms with van der Waals surface area (Å²) < 4.78 is 0. The Labute approximate surface area is 121 Å². The van der Waals surface area contributed by atoms with Crippen molar-refractivity contribution in [3.8, 4) is 0 Å². The summed E-state index contributed by atoms with van der Waals surface area (Å²) in [5, 5.41) is 3.52. The van der Waals surface area contributed by atoms with Gasteiger partial charge in [-0.15, -0.1) is 0 Å². The smallest absolute Gasteiger partial charge is 0.0925 e. The van der Waals surface area contributed by atoms with E-state index in [2.05, 4.69) is 67.2 Å². The monoisotopic (exact) mass is 271 g/mol. The lowest BCUT2D eigenvalue weighted by molar-refractivity contribution is 0.564. The Kier molecular flexibility index (Phi) is 4.29. The van der Waals surface area contributed by atoms with Crippen LogP contribution >= 0.6 is 0 Å². The van der Waals surface area contributed by atoms with Crippen LogP contribution in [0.25, 0.3) is 0 Å². The minimum atomic E-state index is 0.210. The van der Waals surface area contributed by atoms with Crippen molar-refractivity contribution < 1.29 is 0 Å². The van der Waals surface area contributed by atoms with Gasteiger partial charge in [0, 0.05) is 18.3 Å². The van der Waals surface area contributed by atoms with Gasteiger partial charge in [0.1, 0.15) is 0 Å². The Bertz CT molecular complexity index is 546. The Morgan fingerprint density at radius 2 is 1.85 bits per heavy atom. The standard InChI is InChI=1S/C17H25N3/c1-12(18-10-16-13(2)19-11-20-16)14-6-8-15(9-7-14)17(3,4)5/h6-9,11-12,18H,10H2,1-5H3,(H,19,20). The maximum Gasteiger partial charge on any atom is 0.0925 e. The molecule has 1 heterocycles. The number of H-pyrrole nitrogens is 1. The molecule has 0 radical (unpaired) electrons. The number of aryl methyl sites for hydroxylation is 1. The number of aromatic nitrogens is 2. The van der Waals surface area contributed by atoms with Crippen molar-refractivity contribution in [3.05, 3.63) is 53.1 Å². The molecular weight excluding hydrogens is 246 g/mol. The molecule has 0 amide bonds. The predicted molar refractivity (Wildman–Crippen MR) is 83.7 cm³/mol. The third kappa shape index (κ3) is 3.48. The van der Waals surface area contributed by atoms with Crippen LogP contribution in [0.3, 0.4) is 0 Å². The largest absolute Gasteiger partial charge is 0.348 e. The van der Waals surface area contributed by atoms with E-state index in [9.17, 15) is 0 Å². The summed E-state index contributed by atoms with van der Waals surface area (Å²) in [7, 11) is 0. The first-order valence-electron chi connectivity index (χ1n) is 7.20. The van der Waals surface area contributed by atoms with Crippen LogP contribution in [0.2, 0.25) is 0 Å². The lowest BCUT2D eigenvalue weighted by Crippen LogP contribution is -2.19. The van der Waals surface area contributed by atoms with E-state index >= 15 is 0 Å². The maximum absolute atomic E-state index is 4.31. The molecule has 2 N–H and O–H groups in total. The summed E-state index contributed by atoms with van der Waals surface area (Å²) in [6, 6.07) is 9.21. The maximum atomic E-state index is 4.31. The third-order valence-corrected chi connectivity index (χ3v) is 3.79. The van der Waals surface area contributed by atoms with Crippen LogP contribution in [0.5, 0.6) is 0 Å². The van der Waals surface area contributed by atoms with Gasteiger partial charge in [-0.2, -0.15) is 0 Å². The molecule has 2 aromatic rings. The zero-order valence-electron chi connectivity index (χ0n) is 13.1. The summed E-state index contributed by atoms with van der Waals surface area (Å²) >= 11 is 0. The number of benzene rings is 1. The topological polar surface area (TPSA) is 40.7 Å². The van der Waals surface area contributed by atoms with Crippen LogP contribution in [0, 0.1) is 6.92 Å². The van der Waals surface area contributed by atoms with Gasteiger partial charge in [0.15, 0.2) is 0 Å². The minimum absolute atomic E-state index is 0.210. The first kappa shape index (κ1) is 14.8. The quantitative estimate of drug-likeness (QED) is 0.886. The van der Waals surface area contributed by atoms with Crippen molar-refractivity contribution in [2.75, 3.05) is 0 Å². The van der Waals surface area contributed by atoms with E-state index in [1.165, 1.54) is 11.1 Å². The van der Waals surface area contributed by atoms with Crippen molar-refractivity contribution >= 4 is 0 Å². The van der Waals surface area contributed by atoms with Gasteiger partial charge in [0.25, 0.3) is 0 Å². The first-order chi connectivity index (χ1) is 9.38. The molecule has 3 nitrogen and oxygen atoms in total. The number of imidazole rings is 1. The molecule has 108 valence electrons. The molecule has 0 aliphatic heterocycles. The van der Waals surface area contributed by atoms with Crippen molar-refractivity contribution in [3.63, 3.8) is 0 Å². The van der Waals surface area contributed by atoms with Crippen molar-refractivity contribution in [1.29, 1.82) is 0 Å². The lowest BCUT2D eigenvalue weighted by Gasteiger charge is -2.20. The Morgan fingerprint density at radius 3 is 2.35 bits per heavy atom. The Morgan fingerprint density at radius 1 is 1.20 bits per heavy atom. The van der Waals surface area contributed by atoms with Crippen LogP contribution in [0.4, 0.5) is 0 Å². The molecule has 0 fully saturated rings. The van der Waals surface area contributed by atoms with E-state index in [1.807, 2.05) is 6.92 Å². The van der Waals surface area contributed by atoms with Gasteiger partial charge >= 0.3 is 0 Å². The van der Waals surface area contributed by atoms with E-state index in [0.717, 1.165) is 17.9 Å². The Hall–Kier alpha value is -1.61. The molecule has 1 unspecified atom stereocenters. The van der Waals surface area contributed by atoms with Crippen LogP contribution in [0.1, 0.15) is 56.3 Å². The molecule has 0 saturated heterocycles. The van der Waals surface area contributed by atoms with Gasteiger partial charge in [0.05, 0.1) is 12.0 Å². The number of hydrogen-bond donors (Lipinski definition) is 2. The van der Waals surface area contributed by atoms with Gasteiger partial charge in [-0.25, -0.2) is 4.98 Å². The lowest BCUT2D eigenvalue weighted by atomic mass is 9.86. The molecule has 3 heteroatoms. The van der Waals surface area contributed by atoms with Crippen molar-refractivity contribution in [2.45, 2.75) is 52.6 Å². The van der Waals surface area contributed by atoms with E-state index in [4.69, 9.17) is 0 Å². The SMILES string of the molecule is Cc1[nH]cnc1CNC(C)c1ccc(C(C)(C)C)cc1. The second-order valence-corrected chi connectivity index (χ2v) is 6.45. The first-order valence-corrected chi connectivity index (χ1v) is 7.20. The highest BCUT2D eigenvalue weighted by molar-refractivity contribution is 5.29. The van der Waals surface area contributed by atoms with E-state index in [-0.39, 0.29) is 5.41 Å². The van der Waals surface area contributed by atoms with Crippen molar-refractivity contribution in [2.24, 2.45) is 0 Å². The zero-order chi connectivity index (χ0) is 14.8. The highest BCUT2D eigenvalue weighted by atomic mass is 15.0. The second-order valence-electron chi connectivity index (χ2n) is 6.45. The normalized spacial score (nSPS) is 13.4. The third-order valence-electron chi connectivity index (χ3n) is 3.79. The fourth-order valence-corrected chi connectivity index (χ4v) is 2.20. The molecule has 0 bridgehead atoms. The molecule has 1 aromatic heterocycles. The molecule has 0 aliphatic carbocycles. The highest BCUT2D eigenvalue weighted by Gasteiger charge is 2.14. The van der Waals surface area contributed by atoms with Gasteiger partial charge in [0.2, 0.25) is 0 Å². The summed E-state index contributed by atoms with van der Waals surface area (Å²) in [5.74, 6) is 0. The molecule has 1 aromatic carbocycles. The van der Waals surface area contributed by atoms with Gasteiger partial charge in [-0.05, 0) is 30.4 Å². The van der Waals surface area contributed by atoms with Crippen LogP contribution in [0.15, 0.2) is 30.6 Å². The van der Waals surface area contributed by atoms with Crippen molar-refractivity contribution in [1.82, 2.24) is 15.3 Å². The number of nitrogens with one attached hydrogen (secondary N) is 2.